The van der Waals surface area contributed by atoms with Gasteiger partial charge in [-0.25, -0.2) is 4.98 Å². The predicted octanol–water partition coefficient (Wildman–Crippen LogP) is 4.76. The van der Waals surface area contributed by atoms with Crippen LogP contribution in [0.2, 0.25) is 5.02 Å². The van der Waals surface area contributed by atoms with Gasteiger partial charge in [-0.3, -0.25) is 9.69 Å². The Bertz CT molecular complexity index is 741. The fourth-order valence-corrected chi connectivity index (χ4v) is 4.70. The minimum atomic E-state index is 0. The first-order valence-electron chi connectivity index (χ1n) is 8.48. The monoisotopic (exact) mass is 401 g/mol. The fraction of sp³-hybridized carbons (Fsp3) is 0.556. The Hall–Kier alpha value is -0.880. The second-order valence-corrected chi connectivity index (χ2v) is 8.29. The first kappa shape index (κ1) is 20.4. The maximum atomic E-state index is 13.0. The molecule has 0 aliphatic heterocycles. The largest absolute Gasteiger partial charge is 0.308 e. The molecule has 4 nitrogen and oxygen atoms in total. The number of carbonyl (C=O) groups is 1. The minimum Gasteiger partial charge on any atom is -0.308 e. The van der Waals surface area contributed by atoms with E-state index < -0.39 is 0 Å². The maximum Gasteiger partial charge on any atom is 0.231 e. The number of aromatic nitrogens is 1. The number of nitrogens with zero attached hydrogens (tertiary/aromatic N) is 3. The number of anilines is 1. The van der Waals surface area contributed by atoms with Crippen LogP contribution >= 0.6 is 35.3 Å². The zero-order chi connectivity index (χ0) is 17.3. The van der Waals surface area contributed by atoms with E-state index in [4.69, 9.17) is 16.6 Å². The second kappa shape index (κ2) is 8.67. The zero-order valence-corrected chi connectivity index (χ0v) is 17.3. The highest BCUT2D eigenvalue weighted by molar-refractivity contribution is 7.22. The molecule has 25 heavy (non-hydrogen) atoms. The SMILES string of the molecule is Cc1cc(Cl)cc2sc(N(CCN(C)C)C(=O)C3CCCC3)nc12.Cl. The Morgan fingerprint density at radius 3 is 2.60 bits per heavy atom. The smallest absolute Gasteiger partial charge is 0.231 e. The minimum absolute atomic E-state index is 0. The van der Waals surface area contributed by atoms with Crippen molar-refractivity contribution in [3.05, 3.63) is 22.7 Å². The summed E-state index contributed by atoms with van der Waals surface area (Å²) in [5.74, 6) is 0.390. The number of fused-ring (bicyclic) bond motifs is 1. The van der Waals surface area contributed by atoms with Crippen molar-refractivity contribution in [2.45, 2.75) is 32.6 Å². The highest BCUT2D eigenvalue weighted by Gasteiger charge is 2.29. The molecule has 1 aliphatic rings. The van der Waals surface area contributed by atoms with E-state index >= 15 is 0 Å². The van der Waals surface area contributed by atoms with Crippen LogP contribution in [0.4, 0.5) is 5.13 Å². The van der Waals surface area contributed by atoms with Crippen molar-refractivity contribution in [3.8, 4) is 0 Å². The van der Waals surface area contributed by atoms with Crippen molar-refractivity contribution in [1.82, 2.24) is 9.88 Å². The molecule has 2 aromatic rings. The van der Waals surface area contributed by atoms with Gasteiger partial charge in [0.25, 0.3) is 0 Å². The topological polar surface area (TPSA) is 36.4 Å². The summed E-state index contributed by atoms with van der Waals surface area (Å²) < 4.78 is 1.05. The lowest BCUT2D eigenvalue weighted by atomic mass is 10.1. The number of hydrogen-bond donors (Lipinski definition) is 0. The van der Waals surface area contributed by atoms with Crippen LogP contribution in [0.15, 0.2) is 12.1 Å². The van der Waals surface area contributed by atoms with E-state index in [1.807, 2.05) is 38.1 Å². The standard InChI is InChI=1S/C18H24ClN3OS.ClH/c1-12-10-14(19)11-15-16(12)20-18(24-15)22(9-8-21(2)3)17(23)13-6-4-5-7-13;/h10-11,13H,4-9H2,1-3H3;1H. The number of halogens is 2. The summed E-state index contributed by atoms with van der Waals surface area (Å²) in [6.07, 6.45) is 4.33. The molecule has 0 saturated heterocycles. The predicted molar refractivity (Wildman–Crippen MR) is 109 cm³/mol. The van der Waals surface area contributed by atoms with Crippen molar-refractivity contribution in [2.24, 2.45) is 5.92 Å². The first-order chi connectivity index (χ1) is 11.5. The van der Waals surface area contributed by atoms with E-state index in [2.05, 4.69) is 4.90 Å². The molecule has 1 fully saturated rings. The number of benzene rings is 1. The Kier molecular flexibility index (Phi) is 7.09. The molecule has 3 rings (SSSR count). The van der Waals surface area contributed by atoms with Gasteiger partial charge in [0.15, 0.2) is 5.13 Å². The summed E-state index contributed by atoms with van der Waals surface area (Å²) in [6.45, 7) is 3.52. The van der Waals surface area contributed by atoms with Crippen molar-refractivity contribution in [1.29, 1.82) is 0 Å². The van der Waals surface area contributed by atoms with E-state index in [1.165, 1.54) is 0 Å². The van der Waals surface area contributed by atoms with Gasteiger partial charge >= 0.3 is 0 Å². The highest BCUT2D eigenvalue weighted by atomic mass is 35.5. The number of likely N-dealkylation sites (N-methyl/N-ethyl adjacent to an activating group) is 1. The number of carbonyl (C=O) groups excluding carboxylic acids is 1. The lowest BCUT2D eigenvalue weighted by Gasteiger charge is -2.24. The normalized spacial score (nSPS) is 14.9. The van der Waals surface area contributed by atoms with Gasteiger partial charge in [0.2, 0.25) is 5.91 Å². The molecule has 1 aromatic heterocycles. The molecule has 0 spiro atoms. The van der Waals surface area contributed by atoms with E-state index in [1.54, 1.807) is 11.3 Å². The lowest BCUT2D eigenvalue weighted by molar-refractivity contribution is -0.122. The molecule has 138 valence electrons. The van der Waals surface area contributed by atoms with Gasteiger partial charge in [0, 0.05) is 24.0 Å². The maximum absolute atomic E-state index is 13.0. The summed E-state index contributed by atoms with van der Waals surface area (Å²) in [5, 5.41) is 1.52. The van der Waals surface area contributed by atoms with E-state index in [0.29, 0.717) is 6.54 Å². The van der Waals surface area contributed by atoms with Gasteiger partial charge in [-0.1, -0.05) is 35.8 Å². The van der Waals surface area contributed by atoms with Crippen LogP contribution in [-0.2, 0) is 4.79 Å². The number of hydrogen-bond acceptors (Lipinski definition) is 4. The highest BCUT2D eigenvalue weighted by Crippen LogP contribution is 2.35. The third kappa shape index (κ3) is 4.64. The molecule has 7 heteroatoms. The van der Waals surface area contributed by atoms with Crippen LogP contribution < -0.4 is 4.90 Å². The molecule has 1 amide bonds. The molecular formula is C18H25Cl2N3OS. The molecule has 0 atom stereocenters. The van der Waals surface area contributed by atoms with Crippen LogP contribution in [0.1, 0.15) is 31.2 Å². The van der Waals surface area contributed by atoms with E-state index in [0.717, 1.165) is 58.2 Å². The number of aryl methyl sites for hydroxylation is 1. The molecule has 0 bridgehead atoms. The zero-order valence-electron chi connectivity index (χ0n) is 14.9. The second-order valence-electron chi connectivity index (χ2n) is 6.84. The average Bonchev–Trinajstić information content (AvgIpc) is 3.16. The van der Waals surface area contributed by atoms with Crippen molar-refractivity contribution in [3.63, 3.8) is 0 Å². The average molecular weight is 402 g/mol. The van der Waals surface area contributed by atoms with Crippen molar-refractivity contribution >= 4 is 56.6 Å². The van der Waals surface area contributed by atoms with Crippen LogP contribution in [0, 0.1) is 12.8 Å². The molecule has 1 saturated carbocycles. The van der Waals surface area contributed by atoms with Gasteiger partial charge < -0.3 is 4.90 Å². The van der Waals surface area contributed by atoms with Gasteiger partial charge in [0.05, 0.1) is 10.2 Å². The molecule has 1 heterocycles. The molecule has 0 unspecified atom stereocenters. The molecule has 1 aromatic carbocycles. The first-order valence-corrected chi connectivity index (χ1v) is 9.68. The van der Waals surface area contributed by atoms with Gasteiger partial charge in [-0.15, -0.1) is 12.4 Å². The van der Waals surface area contributed by atoms with Crippen molar-refractivity contribution in [2.75, 3.05) is 32.1 Å². The Morgan fingerprint density at radius 2 is 1.96 bits per heavy atom. The summed E-state index contributed by atoms with van der Waals surface area (Å²) in [6, 6.07) is 3.87. The fourth-order valence-electron chi connectivity index (χ4n) is 3.25. The molecule has 0 radical (unpaired) electrons. The van der Waals surface area contributed by atoms with Crippen molar-refractivity contribution < 1.29 is 4.79 Å². The Morgan fingerprint density at radius 1 is 1.28 bits per heavy atom. The summed E-state index contributed by atoms with van der Waals surface area (Å²) in [7, 11) is 4.06. The van der Waals surface area contributed by atoms with Crippen LogP contribution in [0.3, 0.4) is 0 Å². The lowest BCUT2D eigenvalue weighted by Crippen LogP contribution is -2.39. The van der Waals surface area contributed by atoms with Gasteiger partial charge in [-0.2, -0.15) is 0 Å². The Labute approximate surface area is 164 Å². The Balaban J connectivity index is 0.00000225. The number of amides is 1. The molecule has 1 aliphatic carbocycles. The van der Waals surface area contributed by atoms with Crippen LogP contribution in [0.5, 0.6) is 0 Å². The molecular weight excluding hydrogens is 377 g/mol. The summed E-state index contributed by atoms with van der Waals surface area (Å²) in [5.41, 5.74) is 2.01. The molecule has 0 N–H and O–H groups in total. The number of thiazole rings is 1. The van der Waals surface area contributed by atoms with Gasteiger partial charge in [0.1, 0.15) is 0 Å². The van der Waals surface area contributed by atoms with Crippen LogP contribution in [0.25, 0.3) is 10.2 Å². The van der Waals surface area contributed by atoms with E-state index in [-0.39, 0.29) is 24.2 Å². The third-order valence-electron chi connectivity index (χ3n) is 4.61. The summed E-state index contributed by atoms with van der Waals surface area (Å²) >= 11 is 7.74. The number of rotatable bonds is 5. The quantitative estimate of drug-likeness (QED) is 0.723. The van der Waals surface area contributed by atoms with Gasteiger partial charge in [-0.05, 0) is 51.6 Å². The third-order valence-corrected chi connectivity index (χ3v) is 5.85. The summed E-state index contributed by atoms with van der Waals surface area (Å²) in [4.78, 5) is 21.8. The van der Waals surface area contributed by atoms with Crippen LogP contribution in [-0.4, -0.2) is 43.0 Å². The van der Waals surface area contributed by atoms with E-state index in [9.17, 15) is 4.79 Å².